The van der Waals surface area contributed by atoms with E-state index < -0.39 is 5.97 Å². The summed E-state index contributed by atoms with van der Waals surface area (Å²) in [5.74, 6) is -0.894. The Hall–Kier alpha value is -3.42. The van der Waals surface area contributed by atoms with Crippen LogP contribution in [0.15, 0.2) is 48.7 Å². The molecule has 0 bridgehead atoms. The third-order valence-corrected chi connectivity index (χ3v) is 5.01. The lowest BCUT2D eigenvalue weighted by Crippen LogP contribution is -2.41. The fraction of sp³-hybridized carbons (Fsp3) is 0.300. The van der Waals surface area contributed by atoms with Crippen LogP contribution in [0, 0.1) is 5.92 Å². The summed E-state index contributed by atoms with van der Waals surface area (Å²) < 4.78 is 1.55. The van der Waals surface area contributed by atoms with Gasteiger partial charge in [-0.3, -0.25) is 9.48 Å². The fourth-order valence-electron chi connectivity index (χ4n) is 3.63. The monoisotopic (exact) mass is 379 g/mol. The van der Waals surface area contributed by atoms with Crippen molar-refractivity contribution < 1.29 is 14.7 Å². The molecule has 1 saturated heterocycles. The maximum Gasteiger partial charge on any atom is 0.358 e. The smallest absolute Gasteiger partial charge is 0.358 e. The number of carbonyl (C=O) groups is 2. The van der Waals surface area contributed by atoms with E-state index >= 15 is 0 Å². The number of aromatic amines is 1. The van der Waals surface area contributed by atoms with Crippen molar-refractivity contribution >= 4 is 11.9 Å². The molecule has 0 aliphatic carbocycles. The Morgan fingerprint density at radius 3 is 2.75 bits per heavy atom. The third-order valence-electron chi connectivity index (χ3n) is 5.01. The van der Waals surface area contributed by atoms with E-state index in [0.717, 1.165) is 24.1 Å². The van der Waals surface area contributed by atoms with E-state index in [1.165, 1.54) is 6.20 Å². The van der Waals surface area contributed by atoms with Crippen LogP contribution in [0.2, 0.25) is 0 Å². The molecule has 0 spiro atoms. The van der Waals surface area contributed by atoms with Crippen molar-refractivity contribution in [2.75, 3.05) is 13.1 Å². The number of piperidine rings is 1. The summed E-state index contributed by atoms with van der Waals surface area (Å²) in [6, 6.07) is 13.6. The average molecular weight is 379 g/mol. The molecule has 1 amide bonds. The van der Waals surface area contributed by atoms with Gasteiger partial charge in [-0.05, 0) is 36.5 Å². The van der Waals surface area contributed by atoms with Crippen LogP contribution in [0.5, 0.6) is 0 Å². The van der Waals surface area contributed by atoms with Gasteiger partial charge in [0.25, 0.3) is 5.91 Å². The Morgan fingerprint density at radius 2 is 2.00 bits per heavy atom. The Labute approximate surface area is 161 Å². The average Bonchev–Trinajstić information content (AvgIpc) is 3.38. The molecule has 1 aromatic carbocycles. The number of aromatic carboxylic acids is 1. The van der Waals surface area contributed by atoms with Crippen LogP contribution in [0.1, 0.15) is 33.8 Å². The summed E-state index contributed by atoms with van der Waals surface area (Å²) in [6.07, 6.45) is 3.30. The van der Waals surface area contributed by atoms with E-state index in [4.69, 9.17) is 5.11 Å². The van der Waals surface area contributed by atoms with Gasteiger partial charge in [-0.1, -0.05) is 35.5 Å². The number of carboxylic acids is 1. The van der Waals surface area contributed by atoms with E-state index in [9.17, 15) is 9.59 Å². The second-order valence-corrected chi connectivity index (χ2v) is 7.04. The number of amides is 1. The number of aromatic nitrogens is 4. The Morgan fingerprint density at radius 1 is 1.18 bits per heavy atom. The number of likely N-dealkylation sites (tertiary alicyclic amines) is 1. The molecule has 1 aliphatic heterocycles. The summed E-state index contributed by atoms with van der Waals surface area (Å²) in [5.41, 5.74) is 2.47. The topological polar surface area (TPSA) is 104 Å². The van der Waals surface area contributed by atoms with Crippen LogP contribution >= 0.6 is 0 Å². The predicted molar refractivity (Wildman–Crippen MR) is 102 cm³/mol. The SMILES string of the molecule is O=C(O)c1cn(CC2CCCN(C(=O)c3ccc(-c4ccccc4)[nH]3)C2)nn1. The number of nitrogens with zero attached hydrogens (tertiary/aromatic N) is 4. The normalized spacial score (nSPS) is 16.9. The van der Waals surface area contributed by atoms with Gasteiger partial charge >= 0.3 is 5.97 Å². The molecule has 2 N–H and O–H groups in total. The van der Waals surface area contributed by atoms with E-state index in [1.54, 1.807) is 4.68 Å². The van der Waals surface area contributed by atoms with E-state index in [1.807, 2.05) is 47.4 Å². The first-order chi connectivity index (χ1) is 13.6. The highest BCUT2D eigenvalue weighted by atomic mass is 16.4. The largest absolute Gasteiger partial charge is 0.476 e. The van der Waals surface area contributed by atoms with Crippen LogP contribution in [0.3, 0.4) is 0 Å². The molecule has 8 heteroatoms. The van der Waals surface area contributed by atoms with Crippen molar-refractivity contribution in [3.05, 3.63) is 60.0 Å². The number of hydrogen-bond acceptors (Lipinski definition) is 4. The molecule has 4 rings (SSSR count). The zero-order valence-corrected chi connectivity index (χ0v) is 15.3. The van der Waals surface area contributed by atoms with E-state index in [0.29, 0.717) is 25.3 Å². The molecule has 0 saturated carbocycles. The second-order valence-electron chi connectivity index (χ2n) is 7.04. The minimum atomic E-state index is -1.09. The zero-order chi connectivity index (χ0) is 19.5. The molecule has 3 aromatic rings. The third kappa shape index (κ3) is 3.80. The van der Waals surface area contributed by atoms with Crippen LogP contribution < -0.4 is 0 Å². The van der Waals surface area contributed by atoms with Crippen LogP contribution in [-0.2, 0) is 6.54 Å². The lowest BCUT2D eigenvalue weighted by molar-refractivity contribution is 0.0653. The Bertz CT molecular complexity index is 979. The van der Waals surface area contributed by atoms with Crippen LogP contribution in [0.4, 0.5) is 0 Å². The lowest BCUT2D eigenvalue weighted by Gasteiger charge is -2.32. The molecule has 1 unspecified atom stereocenters. The van der Waals surface area contributed by atoms with Gasteiger partial charge in [0.1, 0.15) is 5.69 Å². The number of hydrogen-bond donors (Lipinski definition) is 2. The van der Waals surface area contributed by atoms with Crippen molar-refractivity contribution in [3.8, 4) is 11.3 Å². The van der Waals surface area contributed by atoms with Crippen molar-refractivity contribution in [2.24, 2.45) is 5.92 Å². The molecule has 8 nitrogen and oxygen atoms in total. The van der Waals surface area contributed by atoms with E-state index in [2.05, 4.69) is 15.3 Å². The molecule has 0 radical (unpaired) electrons. The van der Waals surface area contributed by atoms with Gasteiger partial charge in [-0.2, -0.15) is 0 Å². The molecule has 1 fully saturated rings. The lowest BCUT2D eigenvalue weighted by atomic mass is 9.98. The molecule has 1 aliphatic rings. The van der Waals surface area contributed by atoms with Gasteiger partial charge < -0.3 is 15.0 Å². The Kier molecular flexibility index (Phi) is 4.92. The van der Waals surface area contributed by atoms with Crippen molar-refractivity contribution in [3.63, 3.8) is 0 Å². The quantitative estimate of drug-likeness (QED) is 0.709. The van der Waals surface area contributed by atoms with E-state index in [-0.39, 0.29) is 17.5 Å². The number of carboxylic acid groups (broad SMARTS) is 1. The summed E-state index contributed by atoms with van der Waals surface area (Å²) in [6.45, 7) is 1.87. The molecule has 2 aromatic heterocycles. The number of carbonyl (C=O) groups excluding carboxylic acids is 1. The molecule has 28 heavy (non-hydrogen) atoms. The minimum absolute atomic E-state index is 0.0169. The summed E-state index contributed by atoms with van der Waals surface area (Å²) in [7, 11) is 0. The van der Waals surface area contributed by atoms with Gasteiger partial charge in [-0.15, -0.1) is 5.10 Å². The maximum absolute atomic E-state index is 12.9. The van der Waals surface area contributed by atoms with Crippen LogP contribution in [0.25, 0.3) is 11.3 Å². The predicted octanol–water partition coefficient (Wildman–Crippen LogP) is 2.52. The maximum atomic E-state index is 12.9. The number of nitrogens with one attached hydrogen (secondary N) is 1. The van der Waals surface area contributed by atoms with Crippen molar-refractivity contribution in [1.82, 2.24) is 24.9 Å². The molecule has 144 valence electrons. The van der Waals surface area contributed by atoms with Crippen molar-refractivity contribution in [2.45, 2.75) is 19.4 Å². The van der Waals surface area contributed by atoms with Crippen molar-refractivity contribution in [1.29, 1.82) is 0 Å². The van der Waals surface area contributed by atoms with Gasteiger partial charge in [0.15, 0.2) is 5.69 Å². The van der Waals surface area contributed by atoms with Gasteiger partial charge in [0.05, 0.1) is 6.20 Å². The fourth-order valence-corrected chi connectivity index (χ4v) is 3.63. The van der Waals surface area contributed by atoms with Gasteiger partial charge in [0, 0.05) is 25.3 Å². The molecule has 1 atom stereocenters. The first kappa shape index (κ1) is 18.0. The minimum Gasteiger partial charge on any atom is -0.476 e. The highest BCUT2D eigenvalue weighted by Crippen LogP contribution is 2.22. The standard InChI is InChI=1S/C20H21N5O3/c26-19(17-9-8-16(21-17)15-6-2-1-3-7-15)24-10-4-5-14(11-24)12-25-13-18(20(27)28)22-23-25/h1-3,6-9,13-14,21H,4-5,10-12H2,(H,27,28). The summed E-state index contributed by atoms with van der Waals surface area (Å²) >= 11 is 0. The number of benzene rings is 1. The first-order valence-electron chi connectivity index (χ1n) is 9.27. The first-order valence-corrected chi connectivity index (χ1v) is 9.27. The highest BCUT2D eigenvalue weighted by molar-refractivity contribution is 5.93. The summed E-state index contributed by atoms with van der Waals surface area (Å²) in [5, 5.41) is 16.5. The Balaban J connectivity index is 1.42. The van der Waals surface area contributed by atoms with Crippen LogP contribution in [-0.4, -0.2) is 55.0 Å². The molecular weight excluding hydrogens is 358 g/mol. The summed E-state index contributed by atoms with van der Waals surface area (Å²) in [4.78, 5) is 28.9. The molecule has 3 heterocycles. The highest BCUT2D eigenvalue weighted by Gasteiger charge is 2.26. The zero-order valence-electron chi connectivity index (χ0n) is 15.3. The number of rotatable bonds is 5. The number of H-pyrrole nitrogens is 1. The van der Waals surface area contributed by atoms with Gasteiger partial charge in [0.2, 0.25) is 0 Å². The second kappa shape index (κ2) is 7.67. The molecular formula is C20H21N5O3. The van der Waals surface area contributed by atoms with Gasteiger partial charge in [-0.25, -0.2) is 4.79 Å².